The van der Waals surface area contributed by atoms with Crippen molar-refractivity contribution in [2.24, 2.45) is 0 Å². The Morgan fingerprint density at radius 2 is 1.91 bits per heavy atom. The Balaban J connectivity index is 1.99. The van der Waals surface area contributed by atoms with Gasteiger partial charge < -0.3 is 10.1 Å². The first-order chi connectivity index (χ1) is 10.3. The molecule has 2 aliphatic rings. The molecule has 0 unspecified atom stereocenters. The van der Waals surface area contributed by atoms with E-state index in [1.165, 1.54) is 16.4 Å². The van der Waals surface area contributed by atoms with Crippen molar-refractivity contribution >= 4 is 33.2 Å². The first-order valence-corrected chi connectivity index (χ1v) is 8.87. The number of hydrogen-bond donors (Lipinski definition) is 1. The molecule has 22 heavy (non-hydrogen) atoms. The molecule has 1 aromatic rings. The van der Waals surface area contributed by atoms with Crippen molar-refractivity contribution in [3.8, 4) is 0 Å². The van der Waals surface area contributed by atoms with Crippen LogP contribution >= 0.6 is 11.6 Å². The Morgan fingerprint density at radius 1 is 1.27 bits per heavy atom. The molecule has 0 spiro atoms. The summed E-state index contributed by atoms with van der Waals surface area (Å²) in [6, 6.07) is 3.00. The van der Waals surface area contributed by atoms with E-state index in [0.717, 1.165) is 0 Å². The van der Waals surface area contributed by atoms with E-state index in [-0.39, 0.29) is 47.5 Å². The van der Waals surface area contributed by atoms with Crippen LogP contribution in [0.3, 0.4) is 0 Å². The first kappa shape index (κ1) is 15.7. The second-order valence-corrected chi connectivity index (χ2v) is 8.06. The standard InChI is InChI=1S/C14H17ClN2O4S/c1-8-6-17(7-9(2)21-8)22(19,20)13-3-10-4-14(18)16-12(10)5-11(13)15/h3,5,8-9H,4,6-7H2,1-2H3,(H,16,18)/t8-,9-/m1/s1. The lowest BCUT2D eigenvalue weighted by atomic mass is 10.2. The molecule has 1 N–H and O–H groups in total. The van der Waals surface area contributed by atoms with Gasteiger partial charge in [-0.15, -0.1) is 0 Å². The average molecular weight is 345 g/mol. The second kappa shape index (κ2) is 5.49. The molecule has 1 amide bonds. The zero-order valence-corrected chi connectivity index (χ0v) is 13.9. The number of nitrogens with zero attached hydrogens (tertiary/aromatic N) is 1. The predicted molar refractivity (Wildman–Crippen MR) is 82.6 cm³/mol. The number of rotatable bonds is 2. The topological polar surface area (TPSA) is 75.7 Å². The van der Waals surface area contributed by atoms with E-state index in [4.69, 9.17) is 16.3 Å². The molecule has 0 aliphatic carbocycles. The summed E-state index contributed by atoms with van der Waals surface area (Å²) in [5.41, 5.74) is 1.24. The number of sulfonamides is 1. The van der Waals surface area contributed by atoms with Crippen LogP contribution < -0.4 is 5.32 Å². The van der Waals surface area contributed by atoms with Crippen LogP contribution in [-0.2, 0) is 26.0 Å². The predicted octanol–water partition coefficient (Wildman–Crippen LogP) is 1.63. The van der Waals surface area contributed by atoms with Gasteiger partial charge in [-0.05, 0) is 31.5 Å². The van der Waals surface area contributed by atoms with Gasteiger partial charge in [0.25, 0.3) is 0 Å². The zero-order valence-electron chi connectivity index (χ0n) is 12.3. The highest BCUT2D eigenvalue weighted by Crippen LogP contribution is 2.34. The number of amides is 1. The number of ether oxygens (including phenoxy) is 1. The zero-order chi connectivity index (χ0) is 16.1. The van der Waals surface area contributed by atoms with E-state index in [1.54, 1.807) is 0 Å². The molecule has 2 heterocycles. The van der Waals surface area contributed by atoms with Crippen LogP contribution in [0.5, 0.6) is 0 Å². The van der Waals surface area contributed by atoms with Gasteiger partial charge in [0, 0.05) is 18.8 Å². The minimum Gasteiger partial charge on any atom is -0.373 e. The van der Waals surface area contributed by atoms with Crippen LogP contribution in [0.1, 0.15) is 19.4 Å². The largest absolute Gasteiger partial charge is 0.373 e. The van der Waals surface area contributed by atoms with Crippen molar-refractivity contribution < 1.29 is 17.9 Å². The maximum absolute atomic E-state index is 12.9. The van der Waals surface area contributed by atoms with E-state index < -0.39 is 10.0 Å². The Morgan fingerprint density at radius 3 is 2.55 bits per heavy atom. The fourth-order valence-corrected chi connectivity index (χ4v) is 5.03. The van der Waals surface area contributed by atoms with Gasteiger partial charge in [-0.1, -0.05) is 11.6 Å². The van der Waals surface area contributed by atoms with Crippen molar-refractivity contribution in [3.05, 3.63) is 22.7 Å². The number of anilines is 1. The monoisotopic (exact) mass is 344 g/mol. The smallest absolute Gasteiger partial charge is 0.244 e. The lowest BCUT2D eigenvalue weighted by Crippen LogP contribution is -2.48. The lowest BCUT2D eigenvalue weighted by molar-refractivity contribution is -0.115. The van der Waals surface area contributed by atoms with Gasteiger partial charge in [-0.25, -0.2) is 8.42 Å². The van der Waals surface area contributed by atoms with Gasteiger partial charge in [0.2, 0.25) is 15.9 Å². The number of hydrogen-bond acceptors (Lipinski definition) is 4. The van der Waals surface area contributed by atoms with E-state index in [9.17, 15) is 13.2 Å². The molecule has 0 aromatic heterocycles. The van der Waals surface area contributed by atoms with Gasteiger partial charge in [0.05, 0.1) is 23.7 Å². The SMILES string of the molecule is C[C@@H]1CN(S(=O)(=O)c2cc3c(cc2Cl)NC(=O)C3)C[C@@H](C)O1. The lowest BCUT2D eigenvalue weighted by Gasteiger charge is -2.34. The minimum atomic E-state index is -3.72. The first-order valence-electron chi connectivity index (χ1n) is 7.05. The molecule has 2 aliphatic heterocycles. The molecule has 3 rings (SSSR count). The normalized spacial score (nSPS) is 25.9. The molecule has 1 fully saturated rings. The van der Waals surface area contributed by atoms with Gasteiger partial charge in [-0.2, -0.15) is 4.31 Å². The van der Waals surface area contributed by atoms with Crippen LogP contribution in [0, 0.1) is 0 Å². The highest BCUT2D eigenvalue weighted by molar-refractivity contribution is 7.89. The van der Waals surface area contributed by atoms with Crippen molar-refractivity contribution in [2.45, 2.75) is 37.4 Å². The number of carbonyl (C=O) groups is 1. The second-order valence-electron chi connectivity index (χ2n) is 5.74. The van der Waals surface area contributed by atoms with Crippen LogP contribution in [0.4, 0.5) is 5.69 Å². The highest BCUT2D eigenvalue weighted by atomic mass is 35.5. The summed E-state index contributed by atoms with van der Waals surface area (Å²) in [5.74, 6) is -0.158. The molecule has 2 atom stereocenters. The maximum atomic E-state index is 12.9. The molecule has 8 heteroatoms. The Bertz CT molecular complexity index is 725. The molecular formula is C14H17ClN2O4S. The van der Waals surface area contributed by atoms with Gasteiger partial charge in [-0.3, -0.25) is 4.79 Å². The summed E-state index contributed by atoms with van der Waals surface area (Å²) in [4.78, 5) is 11.5. The number of carbonyl (C=O) groups excluding carboxylic acids is 1. The summed E-state index contributed by atoms with van der Waals surface area (Å²) in [6.07, 6.45) is -0.171. The molecule has 0 saturated carbocycles. The highest BCUT2D eigenvalue weighted by Gasteiger charge is 2.34. The molecule has 120 valence electrons. The maximum Gasteiger partial charge on any atom is 0.244 e. The third kappa shape index (κ3) is 2.74. The van der Waals surface area contributed by atoms with E-state index in [1.807, 2.05) is 13.8 Å². The summed E-state index contributed by atoms with van der Waals surface area (Å²) in [6.45, 7) is 4.25. The number of benzene rings is 1. The molecule has 1 aromatic carbocycles. The molecule has 6 nitrogen and oxygen atoms in total. The van der Waals surface area contributed by atoms with Crippen LogP contribution in [0.25, 0.3) is 0 Å². The molecule has 0 bridgehead atoms. The average Bonchev–Trinajstić information content (AvgIpc) is 2.75. The summed E-state index contributed by atoms with van der Waals surface area (Å²) in [5, 5.41) is 2.78. The fourth-order valence-electron chi connectivity index (χ4n) is 2.89. The molecular weight excluding hydrogens is 328 g/mol. The molecule has 0 radical (unpaired) electrons. The van der Waals surface area contributed by atoms with Crippen molar-refractivity contribution in [1.29, 1.82) is 0 Å². The molecule has 1 saturated heterocycles. The van der Waals surface area contributed by atoms with Gasteiger partial charge >= 0.3 is 0 Å². The Labute approximate surface area is 134 Å². The number of morpholine rings is 1. The quantitative estimate of drug-likeness (QED) is 0.884. The fraction of sp³-hybridized carbons (Fsp3) is 0.500. The number of halogens is 1. The van der Waals surface area contributed by atoms with E-state index in [2.05, 4.69) is 5.32 Å². The number of nitrogens with one attached hydrogen (secondary N) is 1. The summed E-state index contributed by atoms with van der Waals surface area (Å²) in [7, 11) is -3.72. The van der Waals surface area contributed by atoms with Crippen LogP contribution in [0.15, 0.2) is 17.0 Å². The van der Waals surface area contributed by atoms with Crippen molar-refractivity contribution in [2.75, 3.05) is 18.4 Å². The van der Waals surface area contributed by atoms with Crippen LogP contribution in [-0.4, -0.2) is 43.9 Å². The Kier molecular flexibility index (Phi) is 3.92. The van der Waals surface area contributed by atoms with Crippen molar-refractivity contribution in [1.82, 2.24) is 4.31 Å². The van der Waals surface area contributed by atoms with E-state index in [0.29, 0.717) is 11.3 Å². The summed E-state index contributed by atoms with van der Waals surface area (Å²) < 4.78 is 32.7. The third-order valence-corrected chi connectivity index (χ3v) is 6.08. The minimum absolute atomic E-state index is 0.0470. The van der Waals surface area contributed by atoms with Gasteiger partial charge in [0.15, 0.2) is 0 Å². The van der Waals surface area contributed by atoms with Crippen molar-refractivity contribution in [3.63, 3.8) is 0 Å². The van der Waals surface area contributed by atoms with E-state index >= 15 is 0 Å². The Hall–Kier alpha value is -1.15. The summed E-state index contributed by atoms with van der Waals surface area (Å²) >= 11 is 6.14. The number of fused-ring (bicyclic) bond motifs is 1. The van der Waals surface area contributed by atoms with Gasteiger partial charge in [0.1, 0.15) is 4.90 Å². The van der Waals surface area contributed by atoms with Crippen LogP contribution in [0.2, 0.25) is 5.02 Å². The third-order valence-electron chi connectivity index (χ3n) is 3.79.